The van der Waals surface area contributed by atoms with Gasteiger partial charge in [0.2, 0.25) is 5.91 Å². The minimum atomic E-state index is -0.278. The Morgan fingerprint density at radius 3 is 2.07 bits per heavy atom. The van der Waals surface area contributed by atoms with Crippen molar-refractivity contribution in [1.82, 2.24) is 10.6 Å². The van der Waals surface area contributed by atoms with Crippen molar-refractivity contribution in [2.45, 2.75) is 59.2 Å². The lowest BCUT2D eigenvalue weighted by Gasteiger charge is -2.35. The van der Waals surface area contributed by atoms with Crippen LogP contribution in [0, 0.1) is 11.3 Å². The average molecular weight is 391 g/mol. The van der Waals surface area contributed by atoms with E-state index in [0.717, 1.165) is 24.8 Å². The smallest absolute Gasteiger partial charge is 0.241 e. The Balaban J connectivity index is 1.69. The molecule has 2 unspecified atom stereocenters. The molecule has 1 aliphatic rings. The van der Waals surface area contributed by atoms with Gasteiger partial charge in [0, 0.05) is 13.1 Å². The van der Waals surface area contributed by atoms with Crippen LogP contribution in [0.2, 0.25) is 0 Å². The quantitative estimate of drug-likeness (QED) is 0.635. The van der Waals surface area contributed by atoms with Gasteiger partial charge in [-0.1, -0.05) is 87.5 Å². The number of carbonyl (C=O) groups excluding carboxylic acids is 1. The largest absolute Gasteiger partial charge is 0.350 e. The fourth-order valence-corrected chi connectivity index (χ4v) is 4.00. The van der Waals surface area contributed by atoms with Crippen LogP contribution in [-0.4, -0.2) is 11.9 Å². The molecule has 2 N–H and O–H groups in total. The fourth-order valence-electron chi connectivity index (χ4n) is 4.00. The third-order valence-electron chi connectivity index (χ3n) is 5.97. The molecular formula is C26H34N2O. The highest BCUT2D eigenvalue weighted by molar-refractivity contribution is 5.85. The van der Waals surface area contributed by atoms with Crippen LogP contribution in [-0.2, 0) is 17.9 Å². The lowest BCUT2D eigenvalue weighted by Crippen LogP contribution is -2.45. The highest BCUT2D eigenvalue weighted by Gasteiger charge is 2.30. The first-order valence-corrected chi connectivity index (χ1v) is 10.7. The third kappa shape index (κ3) is 6.30. The van der Waals surface area contributed by atoms with Crippen molar-refractivity contribution < 1.29 is 4.79 Å². The van der Waals surface area contributed by atoms with Crippen LogP contribution in [0.5, 0.6) is 0 Å². The van der Waals surface area contributed by atoms with E-state index in [0.29, 0.717) is 24.4 Å². The first-order chi connectivity index (χ1) is 13.9. The summed E-state index contributed by atoms with van der Waals surface area (Å²) in [6.45, 7) is 8.18. The fraction of sp³-hybridized carbons (Fsp3) is 0.423. The summed E-state index contributed by atoms with van der Waals surface area (Å²) in [6, 6.07) is 20.1. The van der Waals surface area contributed by atoms with Gasteiger partial charge in [0.05, 0.1) is 0 Å². The van der Waals surface area contributed by atoms with Crippen molar-refractivity contribution in [2.24, 2.45) is 11.3 Å². The van der Waals surface area contributed by atoms with Gasteiger partial charge in [-0.15, -0.1) is 0 Å². The molecule has 0 saturated carbocycles. The SMILES string of the molecule is CC(C)(C)C1CC=C(C(NCc2ccccc2)C(=O)NCc2ccccc2)CC1. The van der Waals surface area contributed by atoms with E-state index in [2.05, 4.69) is 49.6 Å². The average Bonchev–Trinajstić information content (AvgIpc) is 2.73. The molecule has 1 amide bonds. The summed E-state index contributed by atoms with van der Waals surface area (Å²) in [5.41, 5.74) is 3.85. The van der Waals surface area contributed by atoms with Gasteiger partial charge in [0.1, 0.15) is 6.04 Å². The predicted molar refractivity (Wildman–Crippen MR) is 120 cm³/mol. The maximum Gasteiger partial charge on any atom is 0.241 e. The maximum absolute atomic E-state index is 13.1. The lowest BCUT2D eigenvalue weighted by molar-refractivity contribution is -0.122. The minimum Gasteiger partial charge on any atom is -0.350 e. The number of amides is 1. The van der Waals surface area contributed by atoms with E-state index >= 15 is 0 Å². The highest BCUT2D eigenvalue weighted by atomic mass is 16.2. The Kier molecular flexibility index (Phi) is 7.27. The minimum absolute atomic E-state index is 0.0604. The molecule has 3 heteroatoms. The number of hydrogen-bond donors (Lipinski definition) is 2. The van der Waals surface area contributed by atoms with Crippen LogP contribution in [0.4, 0.5) is 0 Å². The molecule has 0 aromatic heterocycles. The Labute approximate surface area is 175 Å². The summed E-state index contributed by atoms with van der Waals surface area (Å²) in [4.78, 5) is 13.1. The molecule has 3 nitrogen and oxygen atoms in total. The summed E-state index contributed by atoms with van der Waals surface area (Å²) in [5, 5.41) is 6.65. The van der Waals surface area contributed by atoms with Crippen LogP contribution in [0.15, 0.2) is 72.3 Å². The molecule has 0 radical (unpaired) electrons. The molecule has 0 bridgehead atoms. The Morgan fingerprint density at radius 2 is 1.55 bits per heavy atom. The van der Waals surface area contributed by atoms with Crippen molar-refractivity contribution in [3.63, 3.8) is 0 Å². The topological polar surface area (TPSA) is 41.1 Å². The second kappa shape index (κ2) is 9.89. The van der Waals surface area contributed by atoms with Crippen LogP contribution in [0.1, 0.15) is 51.2 Å². The van der Waals surface area contributed by atoms with Crippen LogP contribution >= 0.6 is 0 Å². The zero-order valence-corrected chi connectivity index (χ0v) is 17.9. The van der Waals surface area contributed by atoms with Gasteiger partial charge in [-0.25, -0.2) is 0 Å². The molecule has 3 rings (SSSR count). The number of nitrogens with one attached hydrogen (secondary N) is 2. The number of allylic oxidation sites excluding steroid dienone is 1. The second-order valence-corrected chi connectivity index (χ2v) is 9.12. The van der Waals surface area contributed by atoms with Crippen molar-refractivity contribution >= 4 is 5.91 Å². The molecule has 0 aliphatic heterocycles. The van der Waals surface area contributed by atoms with Gasteiger partial charge in [0.15, 0.2) is 0 Å². The number of hydrogen-bond acceptors (Lipinski definition) is 2. The molecule has 2 atom stereocenters. The summed E-state index contributed by atoms with van der Waals surface area (Å²) in [7, 11) is 0. The number of carbonyl (C=O) groups is 1. The van der Waals surface area contributed by atoms with E-state index in [4.69, 9.17) is 0 Å². The number of benzene rings is 2. The van der Waals surface area contributed by atoms with E-state index < -0.39 is 0 Å². The van der Waals surface area contributed by atoms with Gasteiger partial charge in [-0.05, 0) is 47.3 Å². The summed E-state index contributed by atoms with van der Waals surface area (Å²) >= 11 is 0. The van der Waals surface area contributed by atoms with Gasteiger partial charge in [-0.3, -0.25) is 10.1 Å². The van der Waals surface area contributed by atoms with Crippen LogP contribution < -0.4 is 10.6 Å². The second-order valence-electron chi connectivity index (χ2n) is 9.12. The molecule has 154 valence electrons. The molecule has 2 aromatic rings. The van der Waals surface area contributed by atoms with Crippen molar-refractivity contribution in [3.05, 3.63) is 83.4 Å². The normalized spacial score (nSPS) is 18.0. The predicted octanol–water partition coefficient (Wildman–Crippen LogP) is 5.23. The first-order valence-electron chi connectivity index (χ1n) is 10.7. The van der Waals surface area contributed by atoms with E-state index in [1.165, 1.54) is 11.1 Å². The van der Waals surface area contributed by atoms with E-state index in [9.17, 15) is 4.79 Å². The van der Waals surface area contributed by atoms with Crippen molar-refractivity contribution in [1.29, 1.82) is 0 Å². The molecule has 0 heterocycles. The van der Waals surface area contributed by atoms with Gasteiger partial charge >= 0.3 is 0 Å². The van der Waals surface area contributed by atoms with E-state index in [-0.39, 0.29) is 11.9 Å². The monoisotopic (exact) mass is 390 g/mol. The standard InChI is InChI=1S/C26H34N2O/c1-26(2,3)23-16-14-22(15-17-23)24(27-18-20-10-6-4-7-11-20)25(29)28-19-21-12-8-5-9-13-21/h4-14,23-24,27H,15-19H2,1-3H3,(H,28,29). The number of rotatable bonds is 7. The van der Waals surface area contributed by atoms with E-state index in [1.54, 1.807) is 0 Å². The molecular weight excluding hydrogens is 356 g/mol. The lowest BCUT2D eigenvalue weighted by atomic mass is 9.72. The highest BCUT2D eigenvalue weighted by Crippen LogP contribution is 2.37. The zero-order chi connectivity index (χ0) is 20.7. The molecule has 0 fully saturated rings. The van der Waals surface area contributed by atoms with Crippen molar-refractivity contribution in [2.75, 3.05) is 0 Å². The van der Waals surface area contributed by atoms with Crippen molar-refractivity contribution in [3.8, 4) is 0 Å². The zero-order valence-electron chi connectivity index (χ0n) is 17.9. The molecule has 2 aromatic carbocycles. The summed E-state index contributed by atoms with van der Waals surface area (Å²) in [6.07, 6.45) is 5.48. The van der Waals surface area contributed by atoms with Gasteiger partial charge in [0.25, 0.3) is 0 Å². The Hall–Kier alpha value is -2.39. The third-order valence-corrected chi connectivity index (χ3v) is 5.97. The Bertz CT molecular complexity index is 806. The molecule has 0 saturated heterocycles. The van der Waals surface area contributed by atoms with E-state index in [1.807, 2.05) is 48.5 Å². The molecule has 29 heavy (non-hydrogen) atoms. The first kappa shape index (κ1) is 21.3. The molecule has 0 spiro atoms. The summed E-state index contributed by atoms with van der Waals surface area (Å²) < 4.78 is 0. The maximum atomic E-state index is 13.1. The molecule has 1 aliphatic carbocycles. The van der Waals surface area contributed by atoms with Gasteiger partial charge < -0.3 is 5.32 Å². The Morgan fingerprint density at radius 1 is 0.966 bits per heavy atom. The van der Waals surface area contributed by atoms with Crippen LogP contribution in [0.25, 0.3) is 0 Å². The summed E-state index contributed by atoms with van der Waals surface area (Å²) in [5.74, 6) is 0.735. The van der Waals surface area contributed by atoms with Gasteiger partial charge in [-0.2, -0.15) is 0 Å². The van der Waals surface area contributed by atoms with Crippen LogP contribution in [0.3, 0.4) is 0 Å².